The zero-order valence-electron chi connectivity index (χ0n) is 4.33. The first-order valence-electron chi connectivity index (χ1n) is 1.96. The SMILES string of the molecule is C=C/C=N\C=N/C. The van der Waals surface area contributed by atoms with Crippen molar-refractivity contribution >= 4 is 12.6 Å². The lowest BCUT2D eigenvalue weighted by Gasteiger charge is -1.66. The van der Waals surface area contributed by atoms with Gasteiger partial charge in [0, 0.05) is 13.3 Å². The lowest BCUT2D eigenvalue weighted by Crippen LogP contribution is -1.63. The highest BCUT2D eigenvalue weighted by molar-refractivity contribution is 5.79. The van der Waals surface area contributed by atoms with Crippen molar-refractivity contribution in [3.63, 3.8) is 0 Å². The lowest BCUT2D eigenvalue weighted by atomic mass is 10.7. The average Bonchev–Trinajstić information content (AvgIpc) is 1.69. The van der Waals surface area contributed by atoms with E-state index in [9.17, 15) is 0 Å². The molecule has 0 fully saturated rings. The molecular formula is C5H8N2. The summed E-state index contributed by atoms with van der Waals surface area (Å²) in [4.78, 5) is 7.28. The predicted molar refractivity (Wildman–Crippen MR) is 33.1 cm³/mol. The van der Waals surface area contributed by atoms with Gasteiger partial charge in [0.15, 0.2) is 0 Å². The van der Waals surface area contributed by atoms with Gasteiger partial charge in [0.25, 0.3) is 0 Å². The highest BCUT2D eigenvalue weighted by atomic mass is 14.8. The van der Waals surface area contributed by atoms with Crippen molar-refractivity contribution in [2.24, 2.45) is 9.98 Å². The molecule has 0 aromatic carbocycles. The molecule has 0 aliphatic rings. The zero-order chi connectivity index (χ0) is 5.54. The minimum absolute atomic E-state index is 1.46. The largest absolute Gasteiger partial charge is 0.277 e. The zero-order valence-corrected chi connectivity index (χ0v) is 4.33. The fraction of sp³-hybridized carbons (Fsp3) is 0.200. The number of hydrogen-bond acceptors (Lipinski definition) is 1. The second-order valence-electron chi connectivity index (χ2n) is 0.908. The molecule has 0 aliphatic carbocycles. The predicted octanol–water partition coefficient (Wildman–Crippen LogP) is 0.901. The minimum atomic E-state index is 1.46. The van der Waals surface area contributed by atoms with E-state index in [1.54, 1.807) is 19.3 Å². The second-order valence-corrected chi connectivity index (χ2v) is 0.908. The van der Waals surface area contributed by atoms with E-state index in [0.29, 0.717) is 0 Å². The topological polar surface area (TPSA) is 24.7 Å². The maximum atomic E-state index is 3.67. The summed E-state index contributed by atoms with van der Waals surface area (Å²) >= 11 is 0. The van der Waals surface area contributed by atoms with E-state index in [4.69, 9.17) is 0 Å². The van der Waals surface area contributed by atoms with Crippen molar-refractivity contribution in [3.05, 3.63) is 12.7 Å². The Morgan fingerprint density at radius 2 is 2.29 bits per heavy atom. The molecule has 0 saturated heterocycles. The summed E-state index contributed by atoms with van der Waals surface area (Å²) in [6.07, 6.45) is 4.64. The third-order valence-corrected chi connectivity index (χ3v) is 0.374. The molecule has 0 aromatic heterocycles. The van der Waals surface area contributed by atoms with Gasteiger partial charge in [-0.25, -0.2) is 4.99 Å². The first-order chi connectivity index (χ1) is 3.41. The van der Waals surface area contributed by atoms with Gasteiger partial charge in [-0.1, -0.05) is 12.7 Å². The van der Waals surface area contributed by atoms with E-state index in [-0.39, 0.29) is 0 Å². The van der Waals surface area contributed by atoms with E-state index in [2.05, 4.69) is 16.6 Å². The van der Waals surface area contributed by atoms with E-state index in [1.165, 1.54) is 6.34 Å². The van der Waals surface area contributed by atoms with Crippen LogP contribution in [0.25, 0.3) is 0 Å². The smallest absolute Gasteiger partial charge is 0.109 e. The van der Waals surface area contributed by atoms with Crippen LogP contribution in [0, 0.1) is 0 Å². The maximum absolute atomic E-state index is 3.67. The molecule has 0 heterocycles. The van der Waals surface area contributed by atoms with Crippen molar-refractivity contribution < 1.29 is 0 Å². The van der Waals surface area contributed by atoms with Crippen molar-refractivity contribution in [2.75, 3.05) is 7.05 Å². The molecule has 0 bridgehead atoms. The molecular weight excluding hydrogens is 88.1 g/mol. The maximum Gasteiger partial charge on any atom is 0.109 e. The summed E-state index contributed by atoms with van der Waals surface area (Å²) in [6, 6.07) is 0. The van der Waals surface area contributed by atoms with Gasteiger partial charge >= 0.3 is 0 Å². The number of hydrogen-bond donors (Lipinski definition) is 0. The molecule has 0 N–H and O–H groups in total. The molecule has 0 radical (unpaired) electrons. The summed E-state index contributed by atoms with van der Waals surface area (Å²) in [5, 5.41) is 0. The van der Waals surface area contributed by atoms with Gasteiger partial charge in [-0.2, -0.15) is 0 Å². The van der Waals surface area contributed by atoms with E-state index >= 15 is 0 Å². The van der Waals surface area contributed by atoms with Crippen LogP contribution in [0.1, 0.15) is 0 Å². The van der Waals surface area contributed by atoms with Crippen LogP contribution in [0.2, 0.25) is 0 Å². The molecule has 0 spiro atoms. The molecule has 0 aromatic rings. The summed E-state index contributed by atoms with van der Waals surface area (Å²) in [5.41, 5.74) is 0. The molecule has 38 valence electrons. The van der Waals surface area contributed by atoms with Crippen LogP contribution in [-0.2, 0) is 0 Å². The van der Waals surface area contributed by atoms with Crippen LogP contribution >= 0.6 is 0 Å². The molecule has 7 heavy (non-hydrogen) atoms. The summed E-state index contributed by atoms with van der Waals surface area (Å²) in [7, 11) is 1.67. The Morgan fingerprint density at radius 3 is 2.71 bits per heavy atom. The number of allylic oxidation sites excluding steroid dienone is 1. The van der Waals surface area contributed by atoms with Gasteiger partial charge in [-0.15, -0.1) is 0 Å². The Morgan fingerprint density at radius 1 is 1.57 bits per heavy atom. The molecule has 0 atom stereocenters. The van der Waals surface area contributed by atoms with E-state index in [1.807, 2.05) is 0 Å². The van der Waals surface area contributed by atoms with Crippen LogP contribution in [0.4, 0.5) is 0 Å². The molecule has 0 saturated carbocycles. The second kappa shape index (κ2) is 5.08. The standard InChI is InChI=1S/C5H8N2/c1-3-4-7-5-6-2/h3-5H,1H2,2H3/b6-5-,7-4-. The summed E-state index contributed by atoms with van der Waals surface area (Å²) < 4.78 is 0. The fourth-order valence-corrected chi connectivity index (χ4v) is 0.166. The first kappa shape index (κ1) is 6.08. The molecule has 0 unspecified atom stereocenters. The molecule has 2 nitrogen and oxygen atoms in total. The molecule has 2 heteroatoms. The highest BCUT2D eigenvalue weighted by Gasteiger charge is 1.52. The van der Waals surface area contributed by atoms with Gasteiger partial charge in [-0.05, 0) is 0 Å². The van der Waals surface area contributed by atoms with Crippen LogP contribution in [0.5, 0.6) is 0 Å². The molecule has 0 rings (SSSR count). The van der Waals surface area contributed by atoms with Crippen LogP contribution in [-0.4, -0.2) is 19.6 Å². The Labute approximate surface area is 43.3 Å². The van der Waals surface area contributed by atoms with E-state index in [0.717, 1.165) is 0 Å². The monoisotopic (exact) mass is 96.1 g/mol. The van der Waals surface area contributed by atoms with Crippen molar-refractivity contribution in [1.82, 2.24) is 0 Å². The van der Waals surface area contributed by atoms with E-state index < -0.39 is 0 Å². The number of aliphatic imine (C=N–C) groups is 2. The fourth-order valence-electron chi connectivity index (χ4n) is 0.166. The molecule has 0 amide bonds. The lowest BCUT2D eigenvalue weighted by molar-refractivity contribution is 1.45. The summed E-state index contributed by atoms with van der Waals surface area (Å²) in [6.45, 7) is 3.42. The van der Waals surface area contributed by atoms with Gasteiger partial charge in [0.05, 0.1) is 0 Å². The third-order valence-electron chi connectivity index (χ3n) is 0.374. The Balaban J connectivity index is 3.27. The Bertz CT molecular complexity index is 92.3. The normalized spacial score (nSPS) is 11.0. The highest BCUT2D eigenvalue weighted by Crippen LogP contribution is 1.57. The van der Waals surface area contributed by atoms with Gasteiger partial charge in [-0.3, -0.25) is 4.99 Å². The van der Waals surface area contributed by atoms with Crippen LogP contribution in [0.3, 0.4) is 0 Å². The number of rotatable bonds is 2. The quantitative estimate of drug-likeness (QED) is 0.360. The average molecular weight is 96.1 g/mol. The van der Waals surface area contributed by atoms with Crippen LogP contribution in [0.15, 0.2) is 22.6 Å². The molecule has 0 aliphatic heterocycles. The van der Waals surface area contributed by atoms with Crippen molar-refractivity contribution in [2.45, 2.75) is 0 Å². The first-order valence-corrected chi connectivity index (χ1v) is 1.96. The van der Waals surface area contributed by atoms with Gasteiger partial charge in [0.2, 0.25) is 0 Å². The van der Waals surface area contributed by atoms with Gasteiger partial charge < -0.3 is 0 Å². The minimum Gasteiger partial charge on any atom is -0.277 e. The Hall–Kier alpha value is -0.920. The Kier molecular flexibility index (Phi) is 4.41. The van der Waals surface area contributed by atoms with Gasteiger partial charge in [0.1, 0.15) is 6.34 Å². The summed E-state index contributed by atoms with van der Waals surface area (Å²) in [5.74, 6) is 0. The number of nitrogens with zero attached hydrogens (tertiary/aromatic N) is 2. The van der Waals surface area contributed by atoms with Crippen molar-refractivity contribution in [1.29, 1.82) is 0 Å². The van der Waals surface area contributed by atoms with Crippen LogP contribution < -0.4 is 0 Å². The van der Waals surface area contributed by atoms with Crippen molar-refractivity contribution in [3.8, 4) is 0 Å². The third kappa shape index (κ3) is 5.08.